The quantitative estimate of drug-likeness (QED) is 0.120. The van der Waals surface area contributed by atoms with Crippen molar-refractivity contribution in [3.05, 3.63) is 142 Å². The lowest BCUT2D eigenvalue weighted by atomic mass is 10.1. The van der Waals surface area contributed by atoms with Crippen LogP contribution in [-0.2, 0) is 32.0 Å². The molecule has 0 fully saturated rings. The molecule has 64 heavy (non-hydrogen) atoms. The molecule has 7 aromatic rings. The van der Waals surface area contributed by atoms with Crippen molar-refractivity contribution in [2.75, 3.05) is 28.2 Å². The lowest BCUT2D eigenvalue weighted by Crippen LogP contribution is -2.39. The third-order valence-electron chi connectivity index (χ3n) is 9.42. The number of imidazole rings is 2. The minimum atomic E-state index is -2.27. The molecule has 0 bridgehead atoms. The maximum atomic E-state index is 12.3. The molecule has 336 valence electrons. The normalized spacial score (nSPS) is 11.5. The maximum Gasteiger partial charge on any atom is 0.335 e. The molecular formula is C46H50Cl2N8O8. The van der Waals surface area contributed by atoms with Gasteiger partial charge in [-0.05, 0) is 51.0 Å². The monoisotopic (exact) mass is 912 g/mol. The van der Waals surface area contributed by atoms with Crippen molar-refractivity contribution in [3.8, 4) is 22.5 Å². The molecule has 5 heterocycles. The molecule has 7 rings (SSSR count). The number of hydrogen-bond donors (Lipinski definition) is 4. The Morgan fingerprint density at radius 2 is 0.891 bits per heavy atom. The van der Waals surface area contributed by atoms with Crippen molar-refractivity contribution in [2.45, 2.75) is 52.7 Å². The number of aliphatic hydroxyl groups is 2. The minimum absolute atomic E-state index is 0.0710. The molecule has 0 radical (unpaired) electrons. The molecule has 2 unspecified atom stereocenters. The Morgan fingerprint density at radius 3 is 1.17 bits per heavy atom. The molecular weight excluding hydrogens is 863 g/mol. The summed E-state index contributed by atoms with van der Waals surface area (Å²) in [4.78, 5) is 64.0. The molecule has 5 aromatic heterocycles. The van der Waals surface area contributed by atoms with E-state index >= 15 is 0 Å². The van der Waals surface area contributed by atoms with Gasteiger partial charge in [0.25, 0.3) is 0 Å². The van der Waals surface area contributed by atoms with Gasteiger partial charge in [0, 0.05) is 57.8 Å². The van der Waals surface area contributed by atoms with Gasteiger partial charge in [0.1, 0.15) is 27.9 Å². The number of nitrogens with zero attached hydrogens (tertiary/aromatic N) is 8. The van der Waals surface area contributed by atoms with Gasteiger partial charge in [-0.2, -0.15) is 0 Å². The van der Waals surface area contributed by atoms with E-state index in [1.54, 1.807) is 38.0 Å². The van der Waals surface area contributed by atoms with E-state index in [-0.39, 0.29) is 11.8 Å². The Balaban J connectivity index is 0.000000205. The molecule has 0 aliphatic rings. The number of aryl methyl sites for hydroxylation is 4. The van der Waals surface area contributed by atoms with Crippen molar-refractivity contribution < 1.29 is 39.6 Å². The largest absolute Gasteiger partial charge is 0.479 e. The van der Waals surface area contributed by atoms with E-state index in [0.717, 1.165) is 56.3 Å². The van der Waals surface area contributed by atoms with E-state index in [4.69, 9.17) is 53.6 Å². The van der Waals surface area contributed by atoms with Crippen LogP contribution in [0.4, 0.5) is 0 Å². The Kier molecular flexibility index (Phi) is 17.6. The molecule has 0 spiro atoms. The summed E-state index contributed by atoms with van der Waals surface area (Å²) in [6, 6.07) is 26.1. The Hall–Kier alpha value is -6.72. The average molecular weight is 914 g/mol. The van der Waals surface area contributed by atoms with Crippen LogP contribution in [0.3, 0.4) is 0 Å². The summed E-state index contributed by atoms with van der Waals surface area (Å²) in [5.41, 5.74) is 12.2. The van der Waals surface area contributed by atoms with Crippen LogP contribution in [0, 0.1) is 27.7 Å². The van der Waals surface area contributed by atoms with E-state index in [1.165, 1.54) is 23.5 Å². The third-order valence-corrected chi connectivity index (χ3v) is 9.83. The number of carboxylic acid groups (broad SMARTS) is 2. The maximum absolute atomic E-state index is 12.3. The SMILES string of the molecule is Cc1ccc(-c2nc3ccc(C)cn3c2CC(=O)N(C)C)cc1.Cc1ccc(-c2nc3ccc(C)cn3c2CC(=O)N(C)C)cc1.Clc1cc(Cl)ncn1.O=C(O)C(O)C(O)C(=O)O. The van der Waals surface area contributed by atoms with Crippen molar-refractivity contribution >= 4 is 58.2 Å². The Morgan fingerprint density at radius 1 is 0.562 bits per heavy atom. The van der Waals surface area contributed by atoms with Crippen LogP contribution >= 0.6 is 23.2 Å². The predicted molar refractivity (Wildman–Crippen MR) is 244 cm³/mol. The standard InChI is InChI=1S/2C19H21N3O.C4H2Cl2N2.C4H6O6/c2*1-13-5-8-15(9-6-13)19-16(11-18(23)21(3)4)22-12-14(2)7-10-17(22)20-19;5-3-1-4(6)8-2-7-3;5-1(3(7)8)2(6)4(9)10/h2*5-10,12H,11H2,1-4H3;1-2H;1-2,5-6H,(H,7,8)(H,9,10). The van der Waals surface area contributed by atoms with Crippen LogP contribution in [0.5, 0.6) is 0 Å². The number of fused-ring (bicyclic) bond motifs is 2. The first-order valence-corrected chi connectivity index (χ1v) is 20.4. The van der Waals surface area contributed by atoms with Gasteiger partial charge in [0.05, 0.1) is 35.6 Å². The highest BCUT2D eigenvalue weighted by Gasteiger charge is 2.29. The number of likely N-dealkylation sites (N-methyl/N-ethyl adjacent to an activating group) is 2. The lowest BCUT2D eigenvalue weighted by Gasteiger charge is -2.11. The van der Waals surface area contributed by atoms with Crippen molar-refractivity contribution in [1.29, 1.82) is 0 Å². The van der Waals surface area contributed by atoms with Gasteiger partial charge < -0.3 is 39.0 Å². The molecule has 18 heteroatoms. The minimum Gasteiger partial charge on any atom is -0.479 e. The van der Waals surface area contributed by atoms with Crippen molar-refractivity contribution in [1.82, 2.24) is 38.5 Å². The molecule has 4 N–H and O–H groups in total. The number of rotatable bonds is 9. The second kappa shape index (κ2) is 22.6. The summed E-state index contributed by atoms with van der Waals surface area (Å²) < 4.78 is 4.07. The highest BCUT2D eigenvalue weighted by atomic mass is 35.5. The van der Waals surface area contributed by atoms with Gasteiger partial charge >= 0.3 is 11.9 Å². The molecule has 0 saturated carbocycles. The van der Waals surface area contributed by atoms with E-state index < -0.39 is 24.1 Å². The zero-order chi connectivity index (χ0) is 47.4. The summed E-state index contributed by atoms with van der Waals surface area (Å²) >= 11 is 10.8. The van der Waals surface area contributed by atoms with Crippen LogP contribution < -0.4 is 0 Å². The van der Waals surface area contributed by atoms with E-state index in [0.29, 0.717) is 23.1 Å². The highest BCUT2D eigenvalue weighted by Crippen LogP contribution is 2.28. The average Bonchev–Trinajstić information content (AvgIpc) is 3.78. The van der Waals surface area contributed by atoms with Gasteiger partial charge in [0.2, 0.25) is 11.8 Å². The number of benzene rings is 2. The number of pyridine rings is 2. The van der Waals surface area contributed by atoms with Crippen LogP contribution in [0.15, 0.2) is 97.6 Å². The fourth-order valence-electron chi connectivity index (χ4n) is 5.81. The van der Waals surface area contributed by atoms with Gasteiger partial charge in [-0.25, -0.2) is 29.5 Å². The highest BCUT2D eigenvalue weighted by molar-refractivity contribution is 6.33. The first-order chi connectivity index (χ1) is 30.2. The van der Waals surface area contributed by atoms with E-state index in [9.17, 15) is 19.2 Å². The summed E-state index contributed by atoms with van der Waals surface area (Å²) in [6.07, 6.45) is 1.53. The lowest BCUT2D eigenvalue weighted by molar-refractivity contribution is -0.165. The topological polar surface area (TPSA) is 216 Å². The Labute approximate surface area is 380 Å². The molecule has 16 nitrogen and oxygen atoms in total. The van der Waals surface area contributed by atoms with Gasteiger partial charge in [-0.1, -0.05) is 95.0 Å². The molecule has 0 saturated heterocycles. The number of carbonyl (C=O) groups is 4. The van der Waals surface area contributed by atoms with E-state index in [1.807, 2.05) is 59.3 Å². The number of aliphatic carboxylic acids is 2. The summed E-state index contributed by atoms with van der Waals surface area (Å²) in [5.74, 6) is -3.40. The molecule has 0 aliphatic heterocycles. The van der Waals surface area contributed by atoms with Gasteiger partial charge in [-0.3, -0.25) is 9.59 Å². The van der Waals surface area contributed by atoms with Crippen molar-refractivity contribution in [2.24, 2.45) is 0 Å². The zero-order valence-electron chi connectivity index (χ0n) is 36.6. The van der Waals surface area contributed by atoms with Crippen LogP contribution in [0.25, 0.3) is 33.8 Å². The second-order valence-electron chi connectivity index (χ2n) is 15.1. The number of halogens is 2. The second-order valence-corrected chi connectivity index (χ2v) is 15.8. The fraction of sp³-hybridized carbons (Fsp3) is 0.261. The number of aliphatic hydroxyl groups excluding tert-OH is 2. The summed E-state index contributed by atoms with van der Waals surface area (Å²) in [7, 11) is 7.12. The van der Waals surface area contributed by atoms with Crippen LogP contribution in [0.2, 0.25) is 10.3 Å². The van der Waals surface area contributed by atoms with Gasteiger partial charge in [0.15, 0.2) is 12.2 Å². The third kappa shape index (κ3) is 13.6. The number of hydrogen-bond acceptors (Lipinski definition) is 10. The fourth-order valence-corrected chi connectivity index (χ4v) is 6.16. The molecule has 2 atom stereocenters. The number of carbonyl (C=O) groups excluding carboxylic acids is 2. The first-order valence-electron chi connectivity index (χ1n) is 19.6. The molecule has 2 amide bonds. The van der Waals surface area contributed by atoms with Crippen molar-refractivity contribution in [3.63, 3.8) is 0 Å². The summed E-state index contributed by atoms with van der Waals surface area (Å²) in [6.45, 7) is 8.21. The first kappa shape index (κ1) is 49.9. The Bertz CT molecular complexity index is 2550. The van der Waals surface area contributed by atoms with E-state index in [2.05, 4.69) is 72.3 Å². The number of amides is 2. The predicted octanol–water partition coefficient (Wildman–Crippen LogP) is 6.16. The number of aromatic nitrogens is 6. The smallest absolute Gasteiger partial charge is 0.335 e. The van der Waals surface area contributed by atoms with Crippen LogP contribution in [-0.4, -0.2) is 123 Å². The van der Waals surface area contributed by atoms with Crippen LogP contribution in [0.1, 0.15) is 33.6 Å². The summed E-state index contributed by atoms with van der Waals surface area (Å²) in [5, 5.41) is 33.3. The molecule has 2 aromatic carbocycles. The number of carboxylic acids is 2. The zero-order valence-corrected chi connectivity index (χ0v) is 38.1. The van der Waals surface area contributed by atoms with Gasteiger partial charge in [-0.15, -0.1) is 0 Å². The molecule has 0 aliphatic carbocycles.